The summed E-state index contributed by atoms with van der Waals surface area (Å²) in [5.41, 5.74) is 1.40. The van der Waals surface area contributed by atoms with Crippen LogP contribution in [0.25, 0.3) is 32.7 Å². The average molecular weight is 1000 g/mol. The molecule has 11 nitrogen and oxygen atoms in total. The van der Waals surface area contributed by atoms with Gasteiger partial charge in [0.15, 0.2) is 0 Å². The normalized spacial score (nSPS) is 11.3. The molecule has 0 atom stereocenters. The Kier molecular flexibility index (Phi) is 13.4. The largest absolute Gasteiger partial charge is 0.434 e. The smallest absolute Gasteiger partial charge is 0.387 e. The Morgan fingerprint density at radius 2 is 1.09 bits per heavy atom. The predicted molar refractivity (Wildman–Crippen MR) is 216 cm³/mol. The monoisotopic (exact) mass is 998 g/mol. The van der Waals surface area contributed by atoms with E-state index in [4.69, 9.17) is 0 Å². The number of H-pyrrole nitrogens is 3. The van der Waals surface area contributed by atoms with Gasteiger partial charge in [-0.1, -0.05) is 84.2 Å². The summed E-state index contributed by atoms with van der Waals surface area (Å²) >= 11 is 9.90. The number of rotatable bonds is 9. The highest BCUT2D eigenvalue weighted by Gasteiger charge is 2.21. The van der Waals surface area contributed by atoms with Gasteiger partial charge in [0, 0.05) is 24.5 Å². The summed E-state index contributed by atoms with van der Waals surface area (Å²) in [6.45, 7) is -9.04. The summed E-state index contributed by atoms with van der Waals surface area (Å²) in [6.07, 6.45) is 0. The number of nitrogens with one attached hydrogen (secondary N) is 3. The molecule has 0 aliphatic carbocycles. The van der Waals surface area contributed by atoms with E-state index in [-0.39, 0.29) is 52.2 Å². The van der Waals surface area contributed by atoms with Crippen molar-refractivity contribution < 1.29 is 35.8 Å². The number of alkyl halides is 6. The van der Waals surface area contributed by atoms with Crippen LogP contribution in [0.15, 0.2) is 131 Å². The minimum atomic E-state index is -3.08. The van der Waals surface area contributed by atoms with E-state index in [9.17, 15) is 40.7 Å². The number of nitrogens with zero attached hydrogens (tertiary/aromatic N) is 3. The van der Waals surface area contributed by atoms with Gasteiger partial charge in [-0.15, -0.1) is 0 Å². The molecule has 0 radical (unpaired) electrons. The summed E-state index contributed by atoms with van der Waals surface area (Å²) < 4.78 is 91.1. The molecule has 8 aromatic rings. The zero-order valence-electron chi connectivity index (χ0n) is 29.2. The number of halogens is 9. The first-order chi connectivity index (χ1) is 27.7. The van der Waals surface area contributed by atoms with Crippen molar-refractivity contribution >= 4 is 80.5 Å². The molecule has 20 heteroatoms. The summed E-state index contributed by atoms with van der Waals surface area (Å²) in [7, 11) is 0. The number of aromatic amines is 3. The first-order valence-electron chi connectivity index (χ1n) is 16.7. The molecule has 0 aliphatic heterocycles. The molecule has 58 heavy (non-hydrogen) atoms. The van der Waals surface area contributed by atoms with Crippen molar-refractivity contribution in [2.45, 2.75) is 32.9 Å². The van der Waals surface area contributed by atoms with Gasteiger partial charge in [-0.25, -0.2) is 0 Å². The molecule has 5 aromatic carbocycles. The minimum absolute atomic E-state index is 0.0764. The number of aromatic nitrogens is 6. The number of para-hydroxylation sites is 2. The van der Waals surface area contributed by atoms with Gasteiger partial charge >= 0.3 is 19.8 Å². The zero-order valence-corrected chi connectivity index (χ0v) is 34.0. The van der Waals surface area contributed by atoms with E-state index in [1.165, 1.54) is 36.4 Å². The van der Waals surface area contributed by atoms with E-state index in [2.05, 4.69) is 72.6 Å². The van der Waals surface area contributed by atoms with Crippen molar-refractivity contribution in [1.82, 2.24) is 29.3 Å². The third kappa shape index (κ3) is 9.79. The summed E-state index contributed by atoms with van der Waals surface area (Å²) in [5, 5.41) is 9.30. The lowest BCUT2D eigenvalue weighted by Gasteiger charge is -2.15. The molecular weight excluding hydrogens is 974 g/mol. The van der Waals surface area contributed by atoms with Crippen molar-refractivity contribution in [3.8, 4) is 11.5 Å². The van der Waals surface area contributed by atoms with Gasteiger partial charge < -0.3 is 9.47 Å². The highest BCUT2D eigenvalue weighted by molar-refractivity contribution is 9.11. The van der Waals surface area contributed by atoms with Gasteiger partial charge in [0.2, 0.25) is 0 Å². The van der Waals surface area contributed by atoms with Crippen LogP contribution >= 0.6 is 47.8 Å². The predicted octanol–water partition coefficient (Wildman–Crippen LogP) is 9.97. The Labute approximate surface area is 347 Å². The topological polar surface area (TPSA) is 132 Å². The van der Waals surface area contributed by atoms with Gasteiger partial charge in [-0.05, 0) is 66.7 Å². The molecule has 3 heterocycles. The molecule has 302 valence electrons. The highest BCUT2D eigenvalue weighted by atomic mass is 79.9. The fourth-order valence-corrected chi connectivity index (χ4v) is 6.98. The van der Waals surface area contributed by atoms with Crippen LogP contribution in [0.1, 0.15) is 17.7 Å². The van der Waals surface area contributed by atoms with E-state index in [0.717, 1.165) is 19.1 Å². The van der Waals surface area contributed by atoms with Crippen molar-refractivity contribution in [1.29, 1.82) is 0 Å². The molecule has 0 spiro atoms. The van der Waals surface area contributed by atoms with Crippen LogP contribution in [0.4, 0.5) is 26.3 Å². The molecule has 0 aliphatic rings. The summed E-state index contributed by atoms with van der Waals surface area (Å²) in [5.74, 6) is -0.0437. The Bertz CT molecular complexity index is 2890. The van der Waals surface area contributed by atoms with Gasteiger partial charge in [0.05, 0.1) is 45.8 Å². The fraction of sp³-hybridized carbons (Fsp3) is 0.132. The van der Waals surface area contributed by atoms with Crippen molar-refractivity contribution in [2.75, 3.05) is 0 Å². The second kappa shape index (κ2) is 18.4. The third-order valence-corrected chi connectivity index (χ3v) is 9.90. The Hall–Kier alpha value is -5.47. The quantitative estimate of drug-likeness (QED) is 0.124. The van der Waals surface area contributed by atoms with E-state index >= 15 is 0 Å². The van der Waals surface area contributed by atoms with Crippen LogP contribution in [0.5, 0.6) is 11.5 Å². The Morgan fingerprint density at radius 3 is 1.67 bits per heavy atom. The lowest BCUT2D eigenvalue weighted by Crippen LogP contribution is -2.24. The van der Waals surface area contributed by atoms with Gasteiger partial charge in [0.25, 0.3) is 16.7 Å². The highest BCUT2D eigenvalue weighted by Crippen LogP contribution is 2.27. The van der Waals surface area contributed by atoms with Crippen molar-refractivity contribution in [3.63, 3.8) is 0 Å². The number of benzene rings is 5. The maximum Gasteiger partial charge on any atom is 0.387 e. The molecular formula is C38H27Br3F6N6O5. The number of ether oxygens (including phenoxy) is 2. The van der Waals surface area contributed by atoms with E-state index in [1.54, 1.807) is 59.3 Å². The molecule has 0 saturated heterocycles. The standard InChI is InChI=1S/C16H11BrF4N2O2.C15H11BrF2N2O2.C7H5BrN2O/c17-10-5-6-11-12(7-10)22(23(14(11)24)15(18)19)8-9-3-1-2-4-13(9)25-16(20)21;16-10-5-6-11-12(7-10)20(19-14(11)21)8-9-3-1-2-4-13(9)22-15(17)18;8-4-1-2-5-6(3-4)9-10-7(5)11/h1-7,15-16H,8H2;1-7,15H,8H2,(H,19,21);1-3H,(H2,9,10,11). The van der Waals surface area contributed by atoms with Crippen LogP contribution in [0, 0.1) is 0 Å². The first-order valence-corrected chi connectivity index (χ1v) is 19.1. The maximum absolute atomic E-state index is 13.4. The fourth-order valence-electron chi connectivity index (χ4n) is 5.92. The van der Waals surface area contributed by atoms with E-state index in [0.29, 0.717) is 31.0 Å². The number of fused-ring (bicyclic) bond motifs is 3. The molecule has 0 bridgehead atoms. The van der Waals surface area contributed by atoms with Crippen molar-refractivity contribution in [2.24, 2.45) is 0 Å². The van der Waals surface area contributed by atoms with Crippen LogP contribution in [-0.2, 0) is 13.1 Å². The van der Waals surface area contributed by atoms with Crippen LogP contribution < -0.4 is 26.2 Å². The zero-order chi connectivity index (χ0) is 41.7. The third-order valence-electron chi connectivity index (χ3n) is 8.42. The second-order valence-corrected chi connectivity index (χ2v) is 14.8. The van der Waals surface area contributed by atoms with Gasteiger partial charge in [-0.2, -0.15) is 31.0 Å². The molecule has 8 rings (SSSR count). The molecule has 3 aromatic heterocycles. The number of hydrogen-bond donors (Lipinski definition) is 3. The molecule has 0 fully saturated rings. The van der Waals surface area contributed by atoms with Gasteiger partial charge in [0.1, 0.15) is 11.5 Å². The van der Waals surface area contributed by atoms with E-state index in [1.807, 2.05) is 12.1 Å². The van der Waals surface area contributed by atoms with Crippen molar-refractivity contribution in [3.05, 3.63) is 159 Å². The summed E-state index contributed by atoms with van der Waals surface area (Å²) in [4.78, 5) is 35.2. The Balaban J connectivity index is 0.000000157. The maximum atomic E-state index is 13.4. The molecule has 0 unspecified atom stereocenters. The molecule has 0 amide bonds. The first kappa shape index (κ1) is 42.1. The Morgan fingerprint density at radius 1 is 0.569 bits per heavy atom. The van der Waals surface area contributed by atoms with Crippen LogP contribution in [0.2, 0.25) is 0 Å². The average Bonchev–Trinajstić information content (AvgIpc) is 3.78. The lowest BCUT2D eigenvalue weighted by atomic mass is 10.2. The van der Waals surface area contributed by atoms with E-state index < -0.39 is 25.3 Å². The summed E-state index contributed by atoms with van der Waals surface area (Å²) in [6, 6.07) is 27.6. The van der Waals surface area contributed by atoms with Gasteiger partial charge in [-0.3, -0.25) is 39.0 Å². The molecule has 3 N–H and O–H groups in total. The van der Waals surface area contributed by atoms with Crippen LogP contribution in [-0.4, -0.2) is 42.6 Å². The lowest BCUT2D eigenvalue weighted by molar-refractivity contribution is -0.0512. The molecule has 0 saturated carbocycles. The number of hydrogen-bond acceptors (Lipinski definition) is 5. The minimum Gasteiger partial charge on any atom is -0.434 e. The SMILES string of the molecule is O=c1[nH][nH]c2cc(Br)ccc12.O=c1[nH]n(Cc2ccccc2OC(F)F)c2cc(Br)ccc12.O=c1c2ccc(Br)cc2n(Cc2ccccc2OC(F)F)n1C(F)F. The second-order valence-electron chi connectivity index (χ2n) is 12.1. The van der Waals surface area contributed by atoms with Crippen LogP contribution in [0.3, 0.4) is 0 Å².